The van der Waals surface area contributed by atoms with Gasteiger partial charge in [0.2, 0.25) is 0 Å². The summed E-state index contributed by atoms with van der Waals surface area (Å²) in [7, 11) is 0. The number of carboxylic acids is 1. The van der Waals surface area contributed by atoms with E-state index in [1.807, 2.05) is 12.1 Å². The first-order valence-corrected chi connectivity index (χ1v) is 7.25. The van der Waals surface area contributed by atoms with E-state index in [4.69, 9.17) is 9.84 Å². The molecule has 0 fully saturated rings. The van der Waals surface area contributed by atoms with Crippen molar-refractivity contribution < 1.29 is 14.6 Å². The Morgan fingerprint density at radius 2 is 1.85 bits per heavy atom. The molecule has 1 aliphatic rings. The first-order chi connectivity index (χ1) is 9.61. The number of aryl methyl sites for hydroxylation is 2. The normalized spacial score (nSPS) is 13.1. The van der Waals surface area contributed by atoms with Gasteiger partial charge >= 0.3 is 5.97 Å². The lowest BCUT2D eigenvalue weighted by atomic mass is 10.1. The molecule has 0 aliphatic heterocycles. The maximum Gasteiger partial charge on any atom is 0.335 e. The smallest absolute Gasteiger partial charge is 0.335 e. The maximum atomic E-state index is 11.0. The predicted octanol–water partition coefficient (Wildman–Crippen LogP) is 4.43. The minimum Gasteiger partial charge on any atom is -0.478 e. The molecule has 20 heavy (non-hydrogen) atoms. The number of ether oxygens (including phenoxy) is 1. The lowest BCUT2D eigenvalue weighted by Crippen LogP contribution is -1.97. The molecule has 0 heterocycles. The molecule has 0 saturated carbocycles. The van der Waals surface area contributed by atoms with E-state index in [2.05, 4.69) is 22.0 Å². The zero-order valence-corrected chi connectivity index (χ0v) is 12.3. The fourth-order valence-corrected chi connectivity index (χ4v) is 2.97. The van der Waals surface area contributed by atoms with Crippen LogP contribution < -0.4 is 4.74 Å². The van der Waals surface area contributed by atoms with Crippen molar-refractivity contribution in [1.29, 1.82) is 0 Å². The number of rotatable bonds is 3. The van der Waals surface area contributed by atoms with Crippen LogP contribution >= 0.6 is 15.9 Å². The molecule has 1 N–H and O–H groups in total. The van der Waals surface area contributed by atoms with Crippen LogP contribution in [0.25, 0.3) is 0 Å². The van der Waals surface area contributed by atoms with Crippen molar-refractivity contribution in [3.05, 3.63) is 57.6 Å². The molecule has 102 valence electrons. The zero-order chi connectivity index (χ0) is 14.1. The summed E-state index contributed by atoms with van der Waals surface area (Å²) in [6.07, 6.45) is 3.42. The number of hydrogen-bond acceptors (Lipinski definition) is 2. The standard InChI is InChI=1S/C16H13BrO3/c17-13-6-12(16(18)19)8-15(9-13)20-14-5-4-10-2-1-3-11(10)7-14/h4-9H,1-3H2,(H,18,19). The van der Waals surface area contributed by atoms with E-state index in [1.54, 1.807) is 12.1 Å². The van der Waals surface area contributed by atoms with Crippen molar-refractivity contribution in [3.8, 4) is 11.5 Å². The second-order valence-electron chi connectivity index (χ2n) is 4.87. The zero-order valence-electron chi connectivity index (χ0n) is 10.7. The van der Waals surface area contributed by atoms with Crippen molar-refractivity contribution in [2.75, 3.05) is 0 Å². The first-order valence-electron chi connectivity index (χ1n) is 6.45. The van der Waals surface area contributed by atoms with E-state index < -0.39 is 5.97 Å². The van der Waals surface area contributed by atoms with Gasteiger partial charge in [0.15, 0.2) is 0 Å². The summed E-state index contributed by atoms with van der Waals surface area (Å²) in [5.74, 6) is 0.305. The minimum absolute atomic E-state index is 0.204. The highest BCUT2D eigenvalue weighted by atomic mass is 79.9. The summed E-state index contributed by atoms with van der Waals surface area (Å²) in [5.41, 5.74) is 2.92. The summed E-state index contributed by atoms with van der Waals surface area (Å²) < 4.78 is 6.47. The fraction of sp³-hybridized carbons (Fsp3) is 0.188. The topological polar surface area (TPSA) is 46.5 Å². The molecule has 0 atom stereocenters. The molecule has 3 nitrogen and oxygen atoms in total. The SMILES string of the molecule is O=C(O)c1cc(Br)cc(Oc2ccc3c(c2)CCC3)c1. The van der Waals surface area contributed by atoms with Gasteiger partial charge in [-0.1, -0.05) is 22.0 Å². The van der Waals surface area contributed by atoms with Crippen LogP contribution in [-0.2, 0) is 12.8 Å². The number of halogens is 1. The molecule has 0 saturated heterocycles. The van der Waals surface area contributed by atoms with E-state index in [0.29, 0.717) is 10.2 Å². The Morgan fingerprint density at radius 3 is 2.65 bits per heavy atom. The third kappa shape index (κ3) is 2.70. The number of carboxylic acid groups (broad SMARTS) is 1. The average Bonchev–Trinajstić information content (AvgIpc) is 2.85. The second kappa shape index (κ2) is 5.29. The van der Waals surface area contributed by atoms with Crippen molar-refractivity contribution >= 4 is 21.9 Å². The number of benzene rings is 2. The molecule has 0 aromatic heterocycles. The van der Waals surface area contributed by atoms with Crippen LogP contribution in [0.3, 0.4) is 0 Å². The highest BCUT2D eigenvalue weighted by Crippen LogP contribution is 2.30. The van der Waals surface area contributed by atoms with E-state index in [9.17, 15) is 4.79 Å². The van der Waals surface area contributed by atoms with Gasteiger partial charge in [-0.2, -0.15) is 0 Å². The van der Waals surface area contributed by atoms with Crippen LogP contribution in [0.1, 0.15) is 27.9 Å². The van der Waals surface area contributed by atoms with Crippen LogP contribution in [0, 0.1) is 0 Å². The lowest BCUT2D eigenvalue weighted by molar-refractivity contribution is 0.0696. The lowest BCUT2D eigenvalue weighted by Gasteiger charge is -2.09. The van der Waals surface area contributed by atoms with Gasteiger partial charge in [0.1, 0.15) is 11.5 Å². The Morgan fingerprint density at radius 1 is 1.05 bits per heavy atom. The molecular weight excluding hydrogens is 320 g/mol. The van der Waals surface area contributed by atoms with Gasteiger partial charge in [0.25, 0.3) is 0 Å². The van der Waals surface area contributed by atoms with Gasteiger partial charge < -0.3 is 9.84 Å². The minimum atomic E-state index is -0.967. The number of carbonyl (C=O) groups is 1. The van der Waals surface area contributed by atoms with Crippen LogP contribution in [-0.4, -0.2) is 11.1 Å². The Labute approximate surface area is 125 Å². The highest BCUT2D eigenvalue weighted by Gasteiger charge is 2.12. The largest absolute Gasteiger partial charge is 0.478 e. The third-order valence-corrected chi connectivity index (χ3v) is 3.88. The van der Waals surface area contributed by atoms with Crippen LogP contribution in [0.2, 0.25) is 0 Å². The molecule has 2 aromatic carbocycles. The quantitative estimate of drug-likeness (QED) is 0.904. The molecule has 0 spiro atoms. The number of fused-ring (bicyclic) bond motifs is 1. The van der Waals surface area contributed by atoms with Crippen LogP contribution in [0.5, 0.6) is 11.5 Å². The Kier molecular flexibility index (Phi) is 3.49. The third-order valence-electron chi connectivity index (χ3n) is 3.42. The molecule has 0 bridgehead atoms. The molecule has 0 unspecified atom stereocenters. The summed E-state index contributed by atoms with van der Waals surface area (Å²) in [6, 6.07) is 10.9. The van der Waals surface area contributed by atoms with Crippen molar-refractivity contribution in [2.24, 2.45) is 0 Å². The van der Waals surface area contributed by atoms with Gasteiger partial charge in [-0.25, -0.2) is 4.79 Å². The molecular formula is C16H13BrO3. The van der Waals surface area contributed by atoms with Gasteiger partial charge in [-0.15, -0.1) is 0 Å². The van der Waals surface area contributed by atoms with Crippen LogP contribution in [0.4, 0.5) is 0 Å². The second-order valence-corrected chi connectivity index (χ2v) is 5.78. The Bertz CT molecular complexity index is 679. The van der Waals surface area contributed by atoms with Gasteiger partial charge in [-0.05, 0) is 60.7 Å². The molecule has 3 rings (SSSR count). The molecule has 4 heteroatoms. The van der Waals surface area contributed by atoms with Crippen LogP contribution in [0.15, 0.2) is 40.9 Å². The van der Waals surface area contributed by atoms with E-state index >= 15 is 0 Å². The van der Waals surface area contributed by atoms with Gasteiger partial charge in [0, 0.05) is 4.47 Å². The fourth-order valence-electron chi connectivity index (χ4n) is 2.49. The Balaban J connectivity index is 1.89. The monoisotopic (exact) mass is 332 g/mol. The van der Waals surface area contributed by atoms with E-state index in [1.165, 1.54) is 23.6 Å². The van der Waals surface area contributed by atoms with Crippen molar-refractivity contribution in [1.82, 2.24) is 0 Å². The molecule has 1 aliphatic carbocycles. The summed E-state index contributed by atoms with van der Waals surface area (Å²) in [5, 5.41) is 9.05. The maximum absolute atomic E-state index is 11.0. The van der Waals surface area contributed by atoms with Crippen molar-refractivity contribution in [2.45, 2.75) is 19.3 Å². The number of hydrogen-bond donors (Lipinski definition) is 1. The Hall–Kier alpha value is -1.81. The first kappa shape index (κ1) is 13.2. The predicted molar refractivity (Wildman–Crippen MR) is 79.6 cm³/mol. The van der Waals surface area contributed by atoms with Gasteiger partial charge in [0.05, 0.1) is 5.56 Å². The average molecular weight is 333 g/mol. The molecule has 2 aromatic rings. The highest BCUT2D eigenvalue weighted by molar-refractivity contribution is 9.10. The summed E-state index contributed by atoms with van der Waals surface area (Å²) in [6.45, 7) is 0. The molecule has 0 radical (unpaired) electrons. The number of aromatic carboxylic acids is 1. The van der Waals surface area contributed by atoms with Gasteiger partial charge in [-0.3, -0.25) is 0 Å². The van der Waals surface area contributed by atoms with Crippen molar-refractivity contribution in [3.63, 3.8) is 0 Å². The summed E-state index contributed by atoms with van der Waals surface area (Å²) >= 11 is 3.30. The molecule has 0 amide bonds. The summed E-state index contributed by atoms with van der Waals surface area (Å²) in [4.78, 5) is 11.0. The van der Waals surface area contributed by atoms with E-state index in [-0.39, 0.29) is 5.56 Å². The van der Waals surface area contributed by atoms with E-state index in [0.717, 1.165) is 18.6 Å².